The summed E-state index contributed by atoms with van der Waals surface area (Å²) in [5.74, 6) is 1.98. The summed E-state index contributed by atoms with van der Waals surface area (Å²) in [5, 5.41) is 2.91. The van der Waals surface area contributed by atoms with Crippen LogP contribution in [0.5, 0.6) is 0 Å². The number of piperazine rings is 1. The highest BCUT2D eigenvalue weighted by Crippen LogP contribution is 2.40. The molecule has 1 amide bonds. The molecule has 1 saturated heterocycles. The van der Waals surface area contributed by atoms with Gasteiger partial charge in [0, 0.05) is 44.1 Å². The van der Waals surface area contributed by atoms with Crippen molar-refractivity contribution in [2.45, 2.75) is 18.8 Å². The SMILES string of the molecule is CN1CCN(c2cc(C(=O)Nc3cc(C4CC4)ccn3)ccn2)CC1. The van der Waals surface area contributed by atoms with Gasteiger partial charge in [0.2, 0.25) is 0 Å². The molecule has 0 atom stereocenters. The summed E-state index contributed by atoms with van der Waals surface area (Å²) in [5.41, 5.74) is 1.88. The van der Waals surface area contributed by atoms with Gasteiger partial charge in [0.15, 0.2) is 0 Å². The number of hydrogen-bond acceptors (Lipinski definition) is 5. The van der Waals surface area contributed by atoms with Crippen LogP contribution in [0, 0.1) is 0 Å². The third-order valence-electron chi connectivity index (χ3n) is 4.91. The molecule has 0 aromatic carbocycles. The van der Waals surface area contributed by atoms with Crippen molar-refractivity contribution in [3.63, 3.8) is 0 Å². The molecule has 0 unspecified atom stereocenters. The van der Waals surface area contributed by atoms with Gasteiger partial charge in [0.1, 0.15) is 11.6 Å². The average molecular weight is 337 g/mol. The number of amides is 1. The van der Waals surface area contributed by atoms with Crippen molar-refractivity contribution >= 4 is 17.5 Å². The molecule has 2 fully saturated rings. The van der Waals surface area contributed by atoms with E-state index >= 15 is 0 Å². The largest absolute Gasteiger partial charge is 0.354 e. The van der Waals surface area contributed by atoms with Crippen LogP contribution < -0.4 is 10.2 Å². The van der Waals surface area contributed by atoms with Gasteiger partial charge in [0.25, 0.3) is 5.91 Å². The summed E-state index contributed by atoms with van der Waals surface area (Å²) >= 11 is 0. The van der Waals surface area contributed by atoms with Crippen molar-refractivity contribution in [3.8, 4) is 0 Å². The van der Waals surface area contributed by atoms with E-state index in [1.165, 1.54) is 18.4 Å². The van der Waals surface area contributed by atoms with E-state index in [-0.39, 0.29) is 5.91 Å². The molecule has 2 aromatic heterocycles. The minimum atomic E-state index is -0.141. The summed E-state index contributed by atoms with van der Waals surface area (Å²) in [4.78, 5) is 25.8. The van der Waals surface area contributed by atoms with Gasteiger partial charge < -0.3 is 15.1 Å². The smallest absolute Gasteiger partial charge is 0.257 e. The van der Waals surface area contributed by atoms with Crippen LogP contribution >= 0.6 is 0 Å². The number of carbonyl (C=O) groups excluding carboxylic acids is 1. The topological polar surface area (TPSA) is 61.4 Å². The standard InChI is InChI=1S/C19H23N5O/c1-23-8-10-24(11-9-23)18-13-16(5-7-21-18)19(25)22-17-12-15(4-6-20-17)14-2-3-14/h4-7,12-14H,2-3,8-11H2,1H3,(H,20,22,25). The zero-order valence-corrected chi connectivity index (χ0v) is 14.5. The second-order valence-corrected chi connectivity index (χ2v) is 6.90. The lowest BCUT2D eigenvalue weighted by Gasteiger charge is -2.33. The Bertz CT molecular complexity index is 766. The van der Waals surface area contributed by atoms with E-state index in [1.54, 1.807) is 18.5 Å². The third-order valence-corrected chi connectivity index (χ3v) is 4.91. The molecule has 0 spiro atoms. The number of carbonyl (C=O) groups is 1. The first kappa shape index (κ1) is 16.0. The molecule has 0 radical (unpaired) electrons. The van der Waals surface area contributed by atoms with Crippen LogP contribution in [-0.4, -0.2) is 54.0 Å². The first-order chi connectivity index (χ1) is 12.2. The first-order valence-corrected chi connectivity index (χ1v) is 8.86. The number of anilines is 2. The van der Waals surface area contributed by atoms with E-state index < -0.39 is 0 Å². The molecule has 2 aromatic rings. The number of likely N-dealkylation sites (N-methyl/N-ethyl adjacent to an activating group) is 1. The van der Waals surface area contributed by atoms with E-state index in [2.05, 4.69) is 32.1 Å². The number of nitrogens with zero attached hydrogens (tertiary/aromatic N) is 4. The third kappa shape index (κ3) is 3.79. The molecule has 25 heavy (non-hydrogen) atoms. The van der Waals surface area contributed by atoms with Gasteiger partial charge in [-0.1, -0.05) is 0 Å². The highest BCUT2D eigenvalue weighted by atomic mass is 16.1. The normalized spacial score (nSPS) is 18.2. The number of aromatic nitrogens is 2. The summed E-state index contributed by atoms with van der Waals surface area (Å²) in [6, 6.07) is 7.63. The van der Waals surface area contributed by atoms with Crippen LogP contribution in [-0.2, 0) is 0 Å². The van der Waals surface area contributed by atoms with Crippen LogP contribution in [0.25, 0.3) is 0 Å². The van der Waals surface area contributed by atoms with Crippen LogP contribution in [0.3, 0.4) is 0 Å². The fourth-order valence-electron chi connectivity index (χ4n) is 3.14. The summed E-state index contributed by atoms with van der Waals surface area (Å²) in [6.45, 7) is 3.88. The Balaban J connectivity index is 1.46. The van der Waals surface area contributed by atoms with Gasteiger partial charge in [-0.3, -0.25) is 4.79 Å². The Kier molecular flexibility index (Phi) is 4.36. The minimum absolute atomic E-state index is 0.141. The highest BCUT2D eigenvalue weighted by molar-refractivity contribution is 6.04. The van der Waals surface area contributed by atoms with Crippen LogP contribution in [0.15, 0.2) is 36.7 Å². The van der Waals surface area contributed by atoms with Gasteiger partial charge in [-0.05, 0) is 55.6 Å². The predicted molar refractivity (Wildman–Crippen MR) is 98.1 cm³/mol. The first-order valence-electron chi connectivity index (χ1n) is 8.86. The maximum atomic E-state index is 12.6. The Morgan fingerprint density at radius 3 is 2.60 bits per heavy atom. The molecule has 4 rings (SSSR count). The maximum absolute atomic E-state index is 12.6. The second kappa shape index (κ2) is 6.80. The molecule has 6 nitrogen and oxygen atoms in total. The van der Waals surface area contributed by atoms with Crippen molar-refractivity contribution in [3.05, 3.63) is 47.8 Å². The lowest BCUT2D eigenvalue weighted by molar-refractivity contribution is 0.102. The maximum Gasteiger partial charge on any atom is 0.257 e. The minimum Gasteiger partial charge on any atom is -0.354 e. The quantitative estimate of drug-likeness (QED) is 0.928. The Labute approximate surface area is 147 Å². The lowest BCUT2D eigenvalue weighted by atomic mass is 10.1. The van der Waals surface area contributed by atoms with E-state index in [4.69, 9.17) is 0 Å². The van der Waals surface area contributed by atoms with Crippen molar-refractivity contribution < 1.29 is 4.79 Å². The molecule has 1 N–H and O–H groups in total. The van der Waals surface area contributed by atoms with Crippen LogP contribution in [0.1, 0.15) is 34.7 Å². The van der Waals surface area contributed by atoms with Crippen molar-refractivity contribution in [1.82, 2.24) is 14.9 Å². The fraction of sp³-hybridized carbons (Fsp3) is 0.421. The molecule has 0 bridgehead atoms. The Morgan fingerprint density at radius 2 is 1.84 bits per heavy atom. The molecule has 6 heteroatoms. The van der Waals surface area contributed by atoms with E-state index in [0.717, 1.165) is 32.0 Å². The van der Waals surface area contributed by atoms with Gasteiger partial charge in [-0.15, -0.1) is 0 Å². The average Bonchev–Trinajstić information content (AvgIpc) is 3.48. The molecule has 1 aliphatic heterocycles. The Hall–Kier alpha value is -2.47. The van der Waals surface area contributed by atoms with E-state index in [0.29, 0.717) is 17.3 Å². The summed E-state index contributed by atoms with van der Waals surface area (Å²) < 4.78 is 0. The van der Waals surface area contributed by atoms with E-state index in [1.807, 2.05) is 18.2 Å². The number of pyridine rings is 2. The van der Waals surface area contributed by atoms with Crippen molar-refractivity contribution in [2.75, 3.05) is 43.4 Å². The van der Waals surface area contributed by atoms with Gasteiger partial charge in [-0.2, -0.15) is 0 Å². The Morgan fingerprint density at radius 1 is 1.08 bits per heavy atom. The molecule has 1 saturated carbocycles. The number of nitrogens with one attached hydrogen (secondary N) is 1. The van der Waals surface area contributed by atoms with Gasteiger partial charge >= 0.3 is 0 Å². The van der Waals surface area contributed by atoms with Crippen molar-refractivity contribution in [1.29, 1.82) is 0 Å². The highest BCUT2D eigenvalue weighted by Gasteiger charge is 2.24. The number of hydrogen-bond donors (Lipinski definition) is 1. The zero-order valence-electron chi connectivity index (χ0n) is 14.5. The fourth-order valence-corrected chi connectivity index (χ4v) is 3.14. The predicted octanol–water partition coefficient (Wildman–Crippen LogP) is 2.36. The van der Waals surface area contributed by atoms with Crippen molar-refractivity contribution in [2.24, 2.45) is 0 Å². The molecule has 3 heterocycles. The van der Waals surface area contributed by atoms with Gasteiger partial charge in [0.05, 0.1) is 0 Å². The molecule has 130 valence electrons. The molecular formula is C19H23N5O. The molecule has 1 aliphatic carbocycles. The molecular weight excluding hydrogens is 314 g/mol. The lowest BCUT2D eigenvalue weighted by Crippen LogP contribution is -2.44. The summed E-state index contributed by atoms with van der Waals surface area (Å²) in [7, 11) is 2.12. The zero-order chi connectivity index (χ0) is 17.2. The summed E-state index contributed by atoms with van der Waals surface area (Å²) in [6.07, 6.45) is 5.94. The van der Waals surface area contributed by atoms with Crippen LogP contribution in [0.2, 0.25) is 0 Å². The monoisotopic (exact) mass is 337 g/mol. The molecule has 2 aliphatic rings. The van der Waals surface area contributed by atoms with E-state index in [9.17, 15) is 4.79 Å². The van der Waals surface area contributed by atoms with Gasteiger partial charge in [-0.25, -0.2) is 9.97 Å². The number of rotatable bonds is 4. The second-order valence-electron chi connectivity index (χ2n) is 6.90. The van der Waals surface area contributed by atoms with Crippen LogP contribution in [0.4, 0.5) is 11.6 Å².